The molecule has 110 valence electrons. The summed E-state index contributed by atoms with van der Waals surface area (Å²) in [7, 11) is -3.31. The van der Waals surface area contributed by atoms with Crippen molar-refractivity contribution in [3.05, 3.63) is 29.3 Å². The fourth-order valence-electron chi connectivity index (χ4n) is 2.57. The Balaban J connectivity index is 2.39. The van der Waals surface area contributed by atoms with Crippen molar-refractivity contribution in [2.24, 2.45) is 5.73 Å². The number of aryl methyl sites for hydroxylation is 1. The van der Waals surface area contributed by atoms with Crippen molar-refractivity contribution in [1.29, 1.82) is 0 Å². The highest BCUT2D eigenvalue weighted by molar-refractivity contribution is 7.90. The van der Waals surface area contributed by atoms with E-state index in [1.165, 1.54) is 12.1 Å². The molecule has 0 unspecified atom stereocenters. The number of hydrogen-bond acceptors (Lipinski definition) is 4. The average Bonchev–Trinajstić information content (AvgIpc) is 2.85. The summed E-state index contributed by atoms with van der Waals surface area (Å²) < 4.78 is 23.2. The Morgan fingerprint density at radius 1 is 1.45 bits per heavy atom. The average molecular weight is 296 g/mol. The van der Waals surface area contributed by atoms with Crippen molar-refractivity contribution in [1.82, 2.24) is 4.90 Å². The van der Waals surface area contributed by atoms with E-state index in [1.54, 1.807) is 11.0 Å². The molecule has 1 saturated heterocycles. The highest BCUT2D eigenvalue weighted by atomic mass is 32.2. The van der Waals surface area contributed by atoms with Gasteiger partial charge < -0.3 is 10.6 Å². The lowest BCUT2D eigenvalue weighted by molar-refractivity contribution is 0.0740. The van der Waals surface area contributed by atoms with Crippen LogP contribution in [0.2, 0.25) is 0 Å². The number of benzene rings is 1. The molecule has 1 atom stereocenters. The largest absolute Gasteiger partial charge is 0.334 e. The molecule has 1 aromatic rings. The number of nitrogens with two attached hydrogens (primary N) is 1. The second-order valence-electron chi connectivity index (χ2n) is 5.28. The lowest BCUT2D eigenvalue weighted by Gasteiger charge is -2.24. The van der Waals surface area contributed by atoms with E-state index in [9.17, 15) is 13.2 Å². The van der Waals surface area contributed by atoms with Gasteiger partial charge in [-0.25, -0.2) is 8.42 Å². The second kappa shape index (κ2) is 5.54. The van der Waals surface area contributed by atoms with Gasteiger partial charge in [0, 0.05) is 31.0 Å². The van der Waals surface area contributed by atoms with E-state index in [0.29, 0.717) is 18.7 Å². The summed E-state index contributed by atoms with van der Waals surface area (Å²) in [6.07, 6.45) is 3.00. The first-order valence-electron chi connectivity index (χ1n) is 6.66. The summed E-state index contributed by atoms with van der Waals surface area (Å²) in [5, 5.41) is 0. The van der Waals surface area contributed by atoms with Crippen LogP contribution in [0.15, 0.2) is 23.1 Å². The first-order chi connectivity index (χ1) is 9.34. The Bertz CT molecular complexity index is 625. The van der Waals surface area contributed by atoms with Gasteiger partial charge in [0.05, 0.1) is 4.90 Å². The summed E-state index contributed by atoms with van der Waals surface area (Å²) >= 11 is 0. The molecular weight excluding hydrogens is 276 g/mol. The van der Waals surface area contributed by atoms with Gasteiger partial charge in [-0.15, -0.1) is 0 Å². The quantitative estimate of drug-likeness (QED) is 0.901. The smallest absolute Gasteiger partial charge is 0.254 e. The van der Waals surface area contributed by atoms with E-state index in [1.807, 2.05) is 6.92 Å². The molecule has 5 nitrogen and oxygen atoms in total. The van der Waals surface area contributed by atoms with Crippen LogP contribution in [-0.2, 0) is 9.84 Å². The molecule has 2 N–H and O–H groups in total. The molecule has 1 fully saturated rings. The molecule has 20 heavy (non-hydrogen) atoms. The van der Waals surface area contributed by atoms with Crippen LogP contribution < -0.4 is 5.73 Å². The molecule has 0 bridgehead atoms. The van der Waals surface area contributed by atoms with Gasteiger partial charge in [0.15, 0.2) is 9.84 Å². The topological polar surface area (TPSA) is 80.5 Å². The summed E-state index contributed by atoms with van der Waals surface area (Å²) in [6, 6.07) is 4.74. The normalized spacial score (nSPS) is 19.4. The maximum Gasteiger partial charge on any atom is 0.254 e. The van der Waals surface area contributed by atoms with Crippen LogP contribution in [0, 0.1) is 6.92 Å². The van der Waals surface area contributed by atoms with E-state index in [-0.39, 0.29) is 16.8 Å². The molecule has 0 saturated carbocycles. The van der Waals surface area contributed by atoms with Crippen LogP contribution in [0.5, 0.6) is 0 Å². The zero-order valence-electron chi connectivity index (χ0n) is 11.8. The number of rotatable bonds is 3. The van der Waals surface area contributed by atoms with Gasteiger partial charge in [-0.3, -0.25) is 4.79 Å². The third kappa shape index (κ3) is 2.86. The molecule has 1 aliphatic heterocycles. The van der Waals surface area contributed by atoms with Gasteiger partial charge in [-0.1, -0.05) is 6.07 Å². The number of amides is 1. The van der Waals surface area contributed by atoms with Crippen LogP contribution in [-0.4, -0.2) is 44.6 Å². The number of carbonyl (C=O) groups is 1. The Kier molecular flexibility index (Phi) is 4.15. The van der Waals surface area contributed by atoms with Crippen LogP contribution in [0.1, 0.15) is 28.8 Å². The minimum atomic E-state index is -3.31. The number of sulfone groups is 1. The summed E-state index contributed by atoms with van der Waals surface area (Å²) in [5.74, 6) is -0.124. The van der Waals surface area contributed by atoms with E-state index >= 15 is 0 Å². The summed E-state index contributed by atoms with van der Waals surface area (Å²) in [4.78, 5) is 14.5. The van der Waals surface area contributed by atoms with E-state index < -0.39 is 9.84 Å². The Hall–Kier alpha value is -1.40. The Morgan fingerprint density at radius 2 is 2.15 bits per heavy atom. The Morgan fingerprint density at radius 3 is 2.75 bits per heavy atom. The summed E-state index contributed by atoms with van der Waals surface area (Å²) in [5.41, 5.74) is 6.92. The van der Waals surface area contributed by atoms with Crippen molar-refractivity contribution in [2.45, 2.75) is 30.7 Å². The maximum absolute atomic E-state index is 12.6. The van der Waals surface area contributed by atoms with E-state index in [2.05, 4.69) is 0 Å². The number of likely N-dealkylation sites (tertiary alicyclic amines) is 1. The van der Waals surface area contributed by atoms with Gasteiger partial charge in [0.1, 0.15) is 0 Å². The monoisotopic (exact) mass is 296 g/mol. The number of nitrogens with zero attached hydrogens (tertiary/aromatic N) is 1. The van der Waals surface area contributed by atoms with Crippen LogP contribution in [0.3, 0.4) is 0 Å². The SMILES string of the molecule is Cc1ccc(S(C)(=O)=O)cc1C(=O)N1CCC[C@@H]1CN. The van der Waals surface area contributed by atoms with Crippen molar-refractivity contribution in [2.75, 3.05) is 19.3 Å². The predicted molar refractivity (Wildman–Crippen MR) is 77.4 cm³/mol. The molecule has 1 amide bonds. The fourth-order valence-corrected chi connectivity index (χ4v) is 3.21. The molecule has 1 aromatic carbocycles. The molecule has 2 rings (SSSR count). The lowest BCUT2D eigenvalue weighted by Crippen LogP contribution is -2.40. The second-order valence-corrected chi connectivity index (χ2v) is 7.29. The highest BCUT2D eigenvalue weighted by Crippen LogP contribution is 2.23. The van der Waals surface area contributed by atoms with Crippen molar-refractivity contribution < 1.29 is 13.2 Å². The molecule has 0 aromatic heterocycles. The molecule has 0 spiro atoms. The first-order valence-corrected chi connectivity index (χ1v) is 8.55. The van der Waals surface area contributed by atoms with Crippen molar-refractivity contribution in [3.63, 3.8) is 0 Å². The zero-order valence-corrected chi connectivity index (χ0v) is 12.6. The van der Waals surface area contributed by atoms with Crippen molar-refractivity contribution in [3.8, 4) is 0 Å². The lowest BCUT2D eigenvalue weighted by atomic mass is 10.1. The highest BCUT2D eigenvalue weighted by Gasteiger charge is 2.29. The molecule has 0 aliphatic carbocycles. The third-order valence-electron chi connectivity index (χ3n) is 3.78. The minimum Gasteiger partial charge on any atom is -0.334 e. The van der Waals surface area contributed by atoms with E-state index in [4.69, 9.17) is 5.73 Å². The van der Waals surface area contributed by atoms with E-state index in [0.717, 1.165) is 24.7 Å². The third-order valence-corrected chi connectivity index (χ3v) is 4.89. The van der Waals surface area contributed by atoms with Gasteiger partial charge >= 0.3 is 0 Å². The molecule has 1 heterocycles. The minimum absolute atomic E-state index is 0.0591. The molecule has 6 heteroatoms. The molecule has 0 radical (unpaired) electrons. The van der Waals surface area contributed by atoms with Crippen molar-refractivity contribution >= 4 is 15.7 Å². The van der Waals surface area contributed by atoms with Crippen LogP contribution in [0.25, 0.3) is 0 Å². The number of hydrogen-bond donors (Lipinski definition) is 1. The standard InChI is InChI=1S/C14H20N2O3S/c1-10-5-6-12(20(2,18)19)8-13(10)14(17)16-7-3-4-11(16)9-15/h5-6,8,11H,3-4,7,9,15H2,1-2H3/t11-/m1/s1. The number of carbonyl (C=O) groups excluding carboxylic acids is 1. The zero-order chi connectivity index (χ0) is 14.9. The molecular formula is C14H20N2O3S. The predicted octanol–water partition coefficient (Wildman–Crippen LogP) is 0.962. The van der Waals surface area contributed by atoms with Crippen LogP contribution in [0.4, 0.5) is 0 Å². The van der Waals surface area contributed by atoms with Crippen LogP contribution >= 0.6 is 0 Å². The molecule has 1 aliphatic rings. The summed E-state index contributed by atoms with van der Waals surface area (Å²) in [6.45, 7) is 2.94. The maximum atomic E-state index is 12.6. The van der Waals surface area contributed by atoms with Gasteiger partial charge in [-0.2, -0.15) is 0 Å². The van der Waals surface area contributed by atoms with Gasteiger partial charge in [0.2, 0.25) is 0 Å². The Labute approximate surface area is 119 Å². The van der Waals surface area contributed by atoms with Gasteiger partial charge in [0.25, 0.3) is 5.91 Å². The first kappa shape index (κ1) is 15.0. The van der Waals surface area contributed by atoms with Gasteiger partial charge in [-0.05, 0) is 37.5 Å². The fraction of sp³-hybridized carbons (Fsp3) is 0.500.